The molecule has 0 aromatic carbocycles. The lowest BCUT2D eigenvalue weighted by molar-refractivity contribution is -0.0612. The van der Waals surface area contributed by atoms with Gasteiger partial charge in [0.2, 0.25) is 0 Å². The Hall–Kier alpha value is -1.09. The van der Waals surface area contributed by atoms with E-state index in [1.54, 1.807) is 6.20 Å². The molecular formula is C12H20N3O6P. The quantitative estimate of drug-likeness (QED) is 0.532. The second kappa shape index (κ2) is 6.99. The molecular weight excluding hydrogens is 313 g/mol. The van der Waals surface area contributed by atoms with Gasteiger partial charge >= 0.3 is 14.6 Å². The fourth-order valence-corrected chi connectivity index (χ4v) is 2.60. The number of aliphatic imine (C=N–C) groups is 1. The summed E-state index contributed by atoms with van der Waals surface area (Å²) >= 11 is 0. The number of rotatable bonds is 4. The Balaban J connectivity index is 2.12. The van der Waals surface area contributed by atoms with E-state index in [1.165, 1.54) is 4.90 Å². The van der Waals surface area contributed by atoms with Crippen molar-refractivity contribution >= 4 is 20.5 Å². The predicted molar refractivity (Wildman–Crippen MR) is 78.4 cm³/mol. The van der Waals surface area contributed by atoms with Gasteiger partial charge < -0.3 is 29.9 Å². The van der Waals surface area contributed by atoms with E-state index in [4.69, 9.17) is 20.3 Å². The number of nitrogens with two attached hydrogens (primary N) is 1. The molecule has 0 aliphatic carbocycles. The number of amides is 2. The van der Waals surface area contributed by atoms with Crippen molar-refractivity contribution in [3.05, 3.63) is 11.8 Å². The number of aliphatic hydroxyl groups is 1. The molecule has 1 fully saturated rings. The number of carbonyl (C=O) groups excluding carboxylic acids is 1. The zero-order valence-electron chi connectivity index (χ0n) is 12.3. The van der Waals surface area contributed by atoms with E-state index in [0.717, 1.165) is 5.57 Å². The molecule has 4 atom stereocenters. The van der Waals surface area contributed by atoms with Crippen LogP contribution < -0.4 is 5.73 Å². The molecule has 5 N–H and O–H groups in total. The number of nitrogens with zero attached hydrogens (tertiary/aromatic N) is 2. The van der Waals surface area contributed by atoms with E-state index >= 15 is 0 Å². The minimum absolute atomic E-state index is 0.0845. The van der Waals surface area contributed by atoms with Gasteiger partial charge in [-0.1, -0.05) is 6.92 Å². The molecule has 10 heteroatoms. The van der Waals surface area contributed by atoms with Gasteiger partial charge in [-0.15, -0.1) is 0 Å². The smallest absolute Gasteiger partial charge is 0.351 e. The van der Waals surface area contributed by atoms with Crippen LogP contribution in [0.15, 0.2) is 16.8 Å². The average molecular weight is 333 g/mol. The third-order valence-electron chi connectivity index (χ3n) is 3.73. The summed E-state index contributed by atoms with van der Waals surface area (Å²) in [7, 11) is -2.48. The van der Waals surface area contributed by atoms with E-state index in [-0.39, 0.29) is 24.8 Å². The van der Waals surface area contributed by atoms with E-state index in [9.17, 15) is 9.90 Å². The zero-order chi connectivity index (χ0) is 16.4. The first-order chi connectivity index (χ1) is 10.3. The SMILES string of the molecule is CC1=CN(C2OC(COP(O)O)CC2O)C(=O)N=C(N)C1C. The molecule has 2 heterocycles. The molecule has 2 aliphatic heterocycles. The summed E-state index contributed by atoms with van der Waals surface area (Å²) in [5.74, 6) is 0.0267. The van der Waals surface area contributed by atoms with E-state index in [2.05, 4.69) is 9.52 Å². The number of carbonyl (C=O) groups is 1. The first-order valence-electron chi connectivity index (χ1n) is 6.78. The van der Waals surface area contributed by atoms with Crippen LogP contribution in [-0.4, -0.2) is 56.7 Å². The monoisotopic (exact) mass is 333 g/mol. The fourth-order valence-electron chi connectivity index (χ4n) is 2.30. The van der Waals surface area contributed by atoms with Crippen molar-refractivity contribution in [1.29, 1.82) is 0 Å². The highest BCUT2D eigenvalue weighted by Gasteiger charge is 2.40. The van der Waals surface area contributed by atoms with E-state index < -0.39 is 33.1 Å². The van der Waals surface area contributed by atoms with Crippen LogP contribution in [0.1, 0.15) is 20.3 Å². The van der Waals surface area contributed by atoms with Crippen molar-refractivity contribution in [3.63, 3.8) is 0 Å². The van der Waals surface area contributed by atoms with Crippen molar-refractivity contribution in [2.75, 3.05) is 6.61 Å². The maximum atomic E-state index is 12.1. The topological polar surface area (TPSA) is 138 Å². The number of aliphatic hydroxyl groups excluding tert-OH is 1. The second-order valence-electron chi connectivity index (χ2n) is 5.32. The minimum Gasteiger partial charge on any atom is -0.388 e. The maximum Gasteiger partial charge on any atom is 0.351 e. The van der Waals surface area contributed by atoms with Gasteiger partial charge in [-0.3, -0.25) is 4.90 Å². The molecule has 2 aliphatic rings. The van der Waals surface area contributed by atoms with Gasteiger partial charge in [0.05, 0.1) is 12.7 Å². The van der Waals surface area contributed by atoms with Gasteiger partial charge in [0, 0.05) is 18.5 Å². The number of amidine groups is 1. The van der Waals surface area contributed by atoms with Crippen LogP contribution in [0.4, 0.5) is 4.79 Å². The van der Waals surface area contributed by atoms with Gasteiger partial charge in [-0.2, -0.15) is 4.99 Å². The van der Waals surface area contributed by atoms with Crippen molar-refractivity contribution in [1.82, 2.24) is 4.90 Å². The van der Waals surface area contributed by atoms with E-state index in [0.29, 0.717) is 0 Å². The first-order valence-corrected chi connectivity index (χ1v) is 7.95. The van der Waals surface area contributed by atoms with Crippen LogP contribution >= 0.6 is 8.60 Å². The molecule has 0 bridgehead atoms. The first kappa shape index (κ1) is 17.3. The van der Waals surface area contributed by atoms with Crippen LogP contribution in [-0.2, 0) is 9.26 Å². The van der Waals surface area contributed by atoms with Crippen LogP contribution in [0.2, 0.25) is 0 Å². The third kappa shape index (κ3) is 3.81. The van der Waals surface area contributed by atoms with Gasteiger partial charge in [-0.05, 0) is 12.5 Å². The molecule has 2 amide bonds. The van der Waals surface area contributed by atoms with Gasteiger partial charge in [-0.25, -0.2) is 4.79 Å². The Morgan fingerprint density at radius 1 is 1.59 bits per heavy atom. The lowest BCUT2D eigenvalue weighted by Gasteiger charge is -2.25. The van der Waals surface area contributed by atoms with Crippen molar-refractivity contribution in [2.45, 2.75) is 38.7 Å². The van der Waals surface area contributed by atoms with Crippen LogP contribution in [0.3, 0.4) is 0 Å². The van der Waals surface area contributed by atoms with Crippen LogP contribution in [0, 0.1) is 5.92 Å². The standard InChI is InChI=1S/C12H20N3O6P/c1-6-4-15(12(17)14-10(13)7(6)2)11-9(16)3-8(21-11)5-20-22(18)19/h4,7-9,11,16,18-19H,3,5H2,1-2H3,(H2,13,14,17). The largest absolute Gasteiger partial charge is 0.388 e. The van der Waals surface area contributed by atoms with Crippen LogP contribution in [0.5, 0.6) is 0 Å². The molecule has 0 aromatic rings. The minimum atomic E-state index is -2.48. The molecule has 4 unspecified atom stereocenters. The summed E-state index contributed by atoms with van der Waals surface area (Å²) in [6, 6.07) is -0.613. The lowest BCUT2D eigenvalue weighted by atomic mass is 10.0. The molecule has 0 aromatic heterocycles. The predicted octanol–water partition coefficient (Wildman–Crippen LogP) is 0.0231. The Labute approximate surface area is 129 Å². The highest BCUT2D eigenvalue weighted by Crippen LogP contribution is 2.30. The molecule has 0 radical (unpaired) electrons. The molecule has 9 nitrogen and oxygen atoms in total. The van der Waals surface area contributed by atoms with Crippen molar-refractivity contribution < 1.29 is 28.9 Å². The summed E-state index contributed by atoms with van der Waals surface area (Å²) in [6.07, 6.45) is -0.623. The Kier molecular flexibility index (Phi) is 5.49. The maximum absolute atomic E-state index is 12.1. The summed E-state index contributed by atoms with van der Waals surface area (Å²) in [5.41, 5.74) is 6.56. The summed E-state index contributed by atoms with van der Waals surface area (Å²) in [5, 5.41) is 10.1. The lowest BCUT2D eigenvalue weighted by Crippen LogP contribution is -2.41. The van der Waals surface area contributed by atoms with E-state index in [1.807, 2.05) is 13.8 Å². The number of hydrogen-bond acceptors (Lipinski definition) is 7. The Bertz CT molecular complexity index is 497. The van der Waals surface area contributed by atoms with Gasteiger partial charge in [0.25, 0.3) is 0 Å². The van der Waals surface area contributed by atoms with Gasteiger partial charge in [0.1, 0.15) is 11.9 Å². The molecule has 0 spiro atoms. The van der Waals surface area contributed by atoms with Gasteiger partial charge in [0.15, 0.2) is 6.23 Å². The second-order valence-corrected chi connectivity index (χ2v) is 6.09. The molecule has 22 heavy (non-hydrogen) atoms. The molecule has 124 valence electrons. The van der Waals surface area contributed by atoms with Crippen LogP contribution in [0.25, 0.3) is 0 Å². The Morgan fingerprint density at radius 2 is 2.27 bits per heavy atom. The Morgan fingerprint density at radius 3 is 2.91 bits per heavy atom. The summed E-state index contributed by atoms with van der Waals surface area (Å²) in [4.78, 5) is 34.6. The number of urea groups is 1. The van der Waals surface area contributed by atoms with Crippen molar-refractivity contribution in [2.24, 2.45) is 16.6 Å². The van der Waals surface area contributed by atoms with Crippen molar-refractivity contribution in [3.8, 4) is 0 Å². The average Bonchev–Trinajstić information content (AvgIpc) is 2.77. The zero-order valence-corrected chi connectivity index (χ0v) is 13.2. The highest BCUT2D eigenvalue weighted by molar-refractivity contribution is 7.39. The third-order valence-corrected chi connectivity index (χ3v) is 4.11. The molecule has 2 rings (SSSR count). The molecule has 0 saturated carbocycles. The molecule has 1 saturated heterocycles. The fraction of sp³-hybridized carbons (Fsp3) is 0.667. The number of hydrogen-bond donors (Lipinski definition) is 4. The number of ether oxygens (including phenoxy) is 1. The summed E-state index contributed by atoms with van der Waals surface area (Å²) in [6.45, 7) is 3.55. The summed E-state index contributed by atoms with van der Waals surface area (Å²) < 4.78 is 10.3. The normalized spacial score (nSPS) is 33.0. The highest BCUT2D eigenvalue weighted by atomic mass is 31.2.